The zero-order valence-corrected chi connectivity index (χ0v) is 22.3. The molecular weight excluding hydrogens is 514 g/mol. The monoisotopic (exact) mass is 544 g/mol. The highest BCUT2D eigenvalue weighted by atomic mass is 32.2. The van der Waals surface area contributed by atoms with Crippen molar-refractivity contribution in [2.45, 2.75) is 24.8 Å². The van der Waals surface area contributed by atoms with E-state index in [1.807, 2.05) is 25.8 Å². The van der Waals surface area contributed by atoms with Crippen molar-refractivity contribution in [3.8, 4) is 17.0 Å². The van der Waals surface area contributed by atoms with E-state index in [-0.39, 0.29) is 33.9 Å². The summed E-state index contributed by atoms with van der Waals surface area (Å²) < 4.78 is 62.7. The Hall–Kier alpha value is -3.35. The lowest BCUT2D eigenvalue weighted by molar-refractivity contribution is 0.222. The number of hydrogen-bond acceptors (Lipinski definition) is 8. The summed E-state index contributed by atoms with van der Waals surface area (Å²) in [5.74, 6) is -1.05. The smallest absolute Gasteiger partial charge is 0.243 e. The van der Waals surface area contributed by atoms with Gasteiger partial charge in [-0.05, 0) is 57.3 Å². The van der Waals surface area contributed by atoms with Gasteiger partial charge in [-0.15, -0.1) is 0 Å². The molecule has 3 aromatic rings. The van der Waals surface area contributed by atoms with Crippen LogP contribution in [-0.4, -0.2) is 80.0 Å². The van der Waals surface area contributed by atoms with Crippen molar-refractivity contribution in [3.63, 3.8) is 0 Å². The van der Waals surface area contributed by atoms with E-state index in [4.69, 9.17) is 4.74 Å². The maximum absolute atomic E-state index is 14.9. The van der Waals surface area contributed by atoms with E-state index in [0.29, 0.717) is 50.7 Å². The summed E-state index contributed by atoms with van der Waals surface area (Å²) in [5, 5.41) is 2.98. The number of fused-ring (bicyclic) bond motifs is 1. The number of piperazine rings is 1. The molecule has 2 aliphatic heterocycles. The fourth-order valence-electron chi connectivity index (χ4n) is 4.62. The van der Waals surface area contributed by atoms with Crippen molar-refractivity contribution in [2.24, 2.45) is 0 Å². The van der Waals surface area contributed by atoms with Crippen LogP contribution in [0.3, 0.4) is 0 Å². The van der Waals surface area contributed by atoms with Crippen LogP contribution in [0.5, 0.6) is 5.75 Å². The molecule has 2 aromatic carbocycles. The second kappa shape index (κ2) is 10.4. The molecule has 0 amide bonds. The molecule has 1 fully saturated rings. The highest BCUT2D eigenvalue weighted by molar-refractivity contribution is 7.89. The third-order valence-electron chi connectivity index (χ3n) is 6.76. The maximum Gasteiger partial charge on any atom is 0.243 e. The molecule has 0 saturated carbocycles. The van der Waals surface area contributed by atoms with Crippen molar-refractivity contribution in [1.29, 1.82) is 0 Å². The average Bonchev–Trinajstić information content (AvgIpc) is 2.90. The second-order valence-corrected chi connectivity index (χ2v) is 11.6. The first-order valence-electron chi connectivity index (χ1n) is 12.4. The van der Waals surface area contributed by atoms with Crippen LogP contribution in [0, 0.1) is 11.6 Å². The number of nitrogens with one attached hydrogen (secondary N) is 1. The summed E-state index contributed by atoms with van der Waals surface area (Å²) in [6.45, 7) is 7.19. The lowest BCUT2D eigenvalue weighted by Crippen LogP contribution is -2.46. The molecule has 0 spiro atoms. The van der Waals surface area contributed by atoms with E-state index in [9.17, 15) is 17.2 Å². The Morgan fingerprint density at radius 1 is 1.00 bits per heavy atom. The number of sulfonamides is 1. The van der Waals surface area contributed by atoms with E-state index in [2.05, 4.69) is 20.2 Å². The lowest BCUT2D eigenvalue weighted by Gasteiger charge is -2.34. The van der Waals surface area contributed by atoms with Gasteiger partial charge in [-0.1, -0.05) is 0 Å². The molecule has 0 atom stereocenters. The van der Waals surface area contributed by atoms with Crippen molar-refractivity contribution in [1.82, 2.24) is 19.2 Å². The second-order valence-electron chi connectivity index (χ2n) is 9.69. The van der Waals surface area contributed by atoms with Crippen LogP contribution in [-0.2, 0) is 10.0 Å². The summed E-state index contributed by atoms with van der Waals surface area (Å²) in [4.78, 5) is 12.6. The number of halogens is 2. The molecule has 0 aliphatic carbocycles. The fourth-order valence-corrected chi connectivity index (χ4v) is 6.04. The number of benzene rings is 2. The van der Waals surface area contributed by atoms with E-state index < -0.39 is 21.7 Å². The highest BCUT2D eigenvalue weighted by Crippen LogP contribution is 2.39. The van der Waals surface area contributed by atoms with Crippen molar-refractivity contribution >= 4 is 27.3 Å². The van der Waals surface area contributed by atoms with Gasteiger partial charge in [-0.25, -0.2) is 27.2 Å². The summed E-state index contributed by atoms with van der Waals surface area (Å²) in [7, 11) is -1.64. The average molecular weight is 545 g/mol. The Balaban J connectivity index is 1.39. The van der Waals surface area contributed by atoms with E-state index in [1.165, 1.54) is 22.5 Å². The van der Waals surface area contributed by atoms with Crippen LogP contribution in [0.25, 0.3) is 11.3 Å². The largest absolute Gasteiger partial charge is 0.486 e. The Labute approximate surface area is 221 Å². The number of ether oxygens (including phenoxy) is 1. The van der Waals surface area contributed by atoms with Crippen LogP contribution in [0.15, 0.2) is 47.5 Å². The molecule has 1 aromatic heterocycles. The number of hydrogen-bond donors (Lipinski definition) is 1. The van der Waals surface area contributed by atoms with Crippen molar-refractivity contribution in [2.75, 3.05) is 56.6 Å². The Kier molecular flexibility index (Phi) is 7.21. The number of anilines is 3. The summed E-state index contributed by atoms with van der Waals surface area (Å²) in [5.41, 5.74) is 1.27. The van der Waals surface area contributed by atoms with Crippen molar-refractivity contribution in [3.05, 3.63) is 54.2 Å². The van der Waals surface area contributed by atoms with Crippen LogP contribution in [0.1, 0.15) is 13.8 Å². The van der Waals surface area contributed by atoms with Gasteiger partial charge < -0.3 is 19.9 Å². The van der Waals surface area contributed by atoms with E-state index in [0.717, 1.165) is 6.20 Å². The standard InChI is InChI=1S/C26H30F2N6O3S/c1-17(2)34-12-13-37-25-21(27)14-18(15-23(25)34)24-22(28)16-29-26(31-24)30-19-4-6-20(7-5-19)38(35,36)33-10-8-32(3)9-11-33/h4-7,14-17H,8-13H2,1-3H3,(H,29,30,31). The maximum atomic E-state index is 14.9. The lowest BCUT2D eigenvalue weighted by atomic mass is 10.1. The van der Waals surface area contributed by atoms with Crippen LogP contribution in [0.2, 0.25) is 0 Å². The first kappa shape index (κ1) is 26.3. The molecule has 1 N–H and O–H groups in total. The molecule has 0 bridgehead atoms. The molecule has 0 unspecified atom stereocenters. The van der Waals surface area contributed by atoms with E-state index in [1.54, 1.807) is 18.2 Å². The zero-order chi connectivity index (χ0) is 27.0. The summed E-state index contributed by atoms with van der Waals surface area (Å²) in [6.07, 6.45) is 1.02. The molecule has 2 aliphatic rings. The van der Waals surface area contributed by atoms with Gasteiger partial charge in [0.1, 0.15) is 12.3 Å². The quantitative estimate of drug-likeness (QED) is 0.503. The van der Waals surface area contributed by atoms with Crippen LogP contribution in [0.4, 0.5) is 26.1 Å². The Morgan fingerprint density at radius 3 is 2.39 bits per heavy atom. The molecule has 3 heterocycles. The predicted octanol–water partition coefficient (Wildman–Crippen LogP) is 3.71. The molecule has 0 radical (unpaired) electrons. The molecule has 12 heteroatoms. The Bertz CT molecular complexity index is 1430. The minimum atomic E-state index is -3.60. The Morgan fingerprint density at radius 2 is 1.71 bits per heavy atom. The minimum absolute atomic E-state index is 0.0623. The molecule has 202 valence electrons. The van der Waals surface area contributed by atoms with Gasteiger partial charge in [-0.2, -0.15) is 4.31 Å². The third kappa shape index (κ3) is 5.16. The third-order valence-corrected chi connectivity index (χ3v) is 8.68. The van der Waals surface area contributed by atoms with Crippen LogP contribution >= 0.6 is 0 Å². The van der Waals surface area contributed by atoms with Gasteiger partial charge in [-0.3, -0.25) is 0 Å². The number of likely N-dealkylation sites (N-methyl/N-ethyl adjacent to an activating group) is 1. The van der Waals surface area contributed by atoms with E-state index >= 15 is 0 Å². The number of rotatable bonds is 6. The molecular formula is C26H30F2N6O3S. The SMILES string of the molecule is CC(C)N1CCOc2c(F)cc(-c3nc(Nc4ccc(S(=O)(=O)N5CCN(C)CC5)cc4)ncc3F)cc21. The first-order chi connectivity index (χ1) is 18.1. The predicted molar refractivity (Wildman–Crippen MR) is 141 cm³/mol. The number of nitrogens with zero attached hydrogens (tertiary/aromatic N) is 5. The highest BCUT2D eigenvalue weighted by Gasteiger charge is 2.28. The normalized spacial score (nSPS) is 16.8. The molecule has 1 saturated heterocycles. The minimum Gasteiger partial charge on any atom is -0.486 e. The van der Waals surface area contributed by atoms with Gasteiger partial charge in [0.05, 0.1) is 23.3 Å². The summed E-state index contributed by atoms with van der Waals surface area (Å²) >= 11 is 0. The van der Waals surface area contributed by atoms with Gasteiger partial charge in [0, 0.05) is 43.5 Å². The topological polar surface area (TPSA) is 90.9 Å². The molecule has 9 nitrogen and oxygen atoms in total. The van der Waals surface area contributed by atoms with Gasteiger partial charge in [0.15, 0.2) is 17.4 Å². The zero-order valence-electron chi connectivity index (χ0n) is 21.5. The first-order valence-corrected chi connectivity index (χ1v) is 13.9. The fraction of sp³-hybridized carbons (Fsp3) is 0.385. The van der Waals surface area contributed by atoms with Crippen LogP contribution < -0.4 is 15.0 Å². The number of aromatic nitrogens is 2. The molecule has 5 rings (SSSR count). The van der Waals surface area contributed by atoms with Crippen molar-refractivity contribution < 1.29 is 21.9 Å². The van der Waals surface area contributed by atoms with Gasteiger partial charge in [0.25, 0.3) is 0 Å². The summed E-state index contributed by atoms with van der Waals surface area (Å²) in [6, 6.07) is 9.21. The van der Waals surface area contributed by atoms with Gasteiger partial charge in [0.2, 0.25) is 16.0 Å². The molecule has 38 heavy (non-hydrogen) atoms. The van der Waals surface area contributed by atoms with Gasteiger partial charge >= 0.3 is 0 Å².